The molecule has 0 spiro atoms. The molecule has 0 aromatic carbocycles. The minimum atomic E-state index is -3.16. The third-order valence-corrected chi connectivity index (χ3v) is 0.908. The molecule has 0 heterocycles. The second kappa shape index (κ2) is 3.86. The van der Waals surface area contributed by atoms with Crippen LogP contribution in [0.15, 0.2) is 0 Å². The average Bonchev–Trinajstić information content (AvgIpc) is 1.35. The summed E-state index contributed by atoms with van der Waals surface area (Å²) in [6.45, 7) is 0. The molecule has 0 N–H and O–H groups in total. The van der Waals surface area contributed by atoms with Crippen LogP contribution in [0, 0.1) is 0 Å². The van der Waals surface area contributed by atoms with Crippen LogP contribution in [0.1, 0.15) is 1.43 Å². The molecule has 0 saturated heterocycles. The van der Waals surface area contributed by atoms with Gasteiger partial charge in [-0.3, -0.25) is 4.18 Å². The monoisotopic (exact) mass is 134 g/mol. The van der Waals surface area contributed by atoms with E-state index in [1.807, 2.05) is 0 Å². The zero-order valence-corrected chi connectivity index (χ0v) is 7.45. The molecule has 0 atom stereocenters. The van der Waals surface area contributed by atoms with Crippen LogP contribution in [0.4, 0.5) is 0 Å². The third-order valence-electron chi connectivity index (χ3n) is 0.303. The predicted molar refractivity (Wildman–Crippen MR) is 23.0 cm³/mol. The van der Waals surface area contributed by atoms with Crippen molar-refractivity contribution in [3.05, 3.63) is 0 Å². The molecule has 0 amide bonds. The van der Waals surface area contributed by atoms with Gasteiger partial charge in [0.15, 0.2) is 0 Å². The fraction of sp³-hybridized carbons (Fsp3) is 1.00. The first-order valence-corrected chi connectivity index (χ1v) is 3.13. The van der Waals surface area contributed by atoms with Crippen molar-refractivity contribution in [2.75, 3.05) is 13.4 Å². The van der Waals surface area contributed by atoms with Crippen LogP contribution < -0.4 is 29.6 Å². The third kappa shape index (κ3) is 10.9. The van der Waals surface area contributed by atoms with E-state index in [-0.39, 0.29) is 31.0 Å². The molecule has 0 rings (SSSR count). The first kappa shape index (κ1) is 10.8. The normalized spacial score (nSPS) is 10.0. The Morgan fingerprint density at radius 3 is 1.71 bits per heavy atom. The largest absolute Gasteiger partial charge is 1.00 e. The van der Waals surface area contributed by atoms with Crippen LogP contribution in [0.3, 0.4) is 0 Å². The van der Waals surface area contributed by atoms with Gasteiger partial charge in [-0.05, 0) is 0 Å². The van der Waals surface area contributed by atoms with E-state index in [0.29, 0.717) is 0 Å². The van der Waals surface area contributed by atoms with Gasteiger partial charge in [0.2, 0.25) is 0 Å². The van der Waals surface area contributed by atoms with Gasteiger partial charge in [0, 0.05) is 0 Å². The summed E-state index contributed by atoms with van der Waals surface area (Å²) >= 11 is 0. The molecule has 0 bridgehead atoms. The molecular weight excluding hydrogens is 127 g/mol. The van der Waals surface area contributed by atoms with Gasteiger partial charge in [-0.15, -0.1) is 0 Å². The van der Waals surface area contributed by atoms with Crippen LogP contribution in [0.2, 0.25) is 0 Å². The first-order valence-electron chi connectivity index (χ1n) is 1.32. The van der Waals surface area contributed by atoms with E-state index < -0.39 is 10.1 Å². The van der Waals surface area contributed by atoms with E-state index >= 15 is 0 Å². The van der Waals surface area contributed by atoms with Crippen molar-refractivity contribution < 1.29 is 43.6 Å². The molecule has 7 heavy (non-hydrogen) atoms. The molecule has 0 unspecified atom stereocenters. The number of rotatable bonds is 1. The molecule has 0 aliphatic carbocycles. The van der Waals surface area contributed by atoms with Gasteiger partial charge in [0.05, 0.1) is 13.4 Å². The molecular formula is C2H7NaO3S. The van der Waals surface area contributed by atoms with Crippen LogP contribution in [0.25, 0.3) is 0 Å². The maximum absolute atomic E-state index is 9.78. The Kier molecular flexibility index (Phi) is 5.96. The number of hydrogen-bond donors (Lipinski definition) is 0. The zero-order chi connectivity index (χ0) is 5.21. The summed E-state index contributed by atoms with van der Waals surface area (Å²) in [5.41, 5.74) is 0. The molecule has 0 saturated carbocycles. The van der Waals surface area contributed by atoms with Gasteiger partial charge < -0.3 is 1.43 Å². The Balaban J connectivity index is -0.000000125. The van der Waals surface area contributed by atoms with Gasteiger partial charge in [-0.1, -0.05) is 0 Å². The summed E-state index contributed by atoms with van der Waals surface area (Å²) in [4.78, 5) is 0. The topological polar surface area (TPSA) is 43.4 Å². The Hall–Kier alpha value is 0.910. The van der Waals surface area contributed by atoms with Gasteiger partial charge >= 0.3 is 29.6 Å². The van der Waals surface area contributed by atoms with Crippen molar-refractivity contribution in [2.45, 2.75) is 0 Å². The molecule has 0 radical (unpaired) electrons. The fourth-order valence-electron chi connectivity index (χ4n) is 0. The summed E-state index contributed by atoms with van der Waals surface area (Å²) in [5.74, 6) is 0. The summed E-state index contributed by atoms with van der Waals surface area (Å²) in [6, 6.07) is 0. The maximum Gasteiger partial charge on any atom is 1.00 e. The first-order chi connectivity index (χ1) is 2.56. The summed E-state index contributed by atoms with van der Waals surface area (Å²) in [6.07, 6.45) is 0.993. The van der Waals surface area contributed by atoms with Crippen molar-refractivity contribution >= 4 is 10.1 Å². The molecule has 3 nitrogen and oxygen atoms in total. The Morgan fingerprint density at radius 2 is 1.71 bits per heavy atom. The molecule has 40 valence electrons. The molecule has 0 aliphatic heterocycles. The average molecular weight is 134 g/mol. The summed E-state index contributed by atoms with van der Waals surface area (Å²) < 4.78 is 23.5. The van der Waals surface area contributed by atoms with Crippen LogP contribution in [0.5, 0.6) is 0 Å². The molecule has 0 aromatic heterocycles. The number of hydrogen-bond acceptors (Lipinski definition) is 3. The Bertz CT molecular complexity index is 119. The molecule has 5 heteroatoms. The van der Waals surface area contributed by atoms with E-state index in [1.165, 1.54) is 0 Å². The fourth-order valence-corrected chi connectivity index (χ4v) is 0. The zero-order valence-electron chi connectivity index (χ0n) is 5.63. The van der Waals surface area contributed by atoms with E-state index in [4.69, 9.17) is 0 Å². The van der Waals surface area contributed by atoms with Gasteiger partial charge in [-0.2, -0.15) is 8.42 Å². The summed E-state index contributed by atoms with van der Waals surface area (Å²) in [5, 5.41) is 0. The van der Waals surface area contributed by atoms with E-state index in [9.17, 15) is 8.42 Å². The van der Waals surface area contributed by atoms with Gasteiger partial charge in [-0.25, -0.2) is 0 Å². The standard InChI is InChI=1S/C2H6O3S.Na.H/c1-5-6(2,3)4;;/h1-2H3;;/q;+1;-1. The maximum atomic E-state index is 9.78. The SMILES string of the molecule is COS(C)(=O)=O.[H-].[Na+]. The summed E-state index contributed by atoms with van der Waals surface area (Å²) in [7, 11) is -2.04. The minimum absolute atomic E-state index is 0. The van der Waals surface area contributed by atoms with Crippen LogP contribution in [-0.2, 0) is 14.3 Å². The van der Waals surface area contributed by atoms with Crippen molar-refractivity contribution in [1.29, 1.82) is 0 Å². The van der Waals surface area contributed by atoms with Crippen molar-refractivity contribution in [3.8, 4) is 0 Å². The smallest absolute Gasteiger partial charge is 1.00 e. The van der Waals surface area contributed by atoms with Gasteiger partial charge in [0.1, 0.15) is 0 Å². The Morgan fingerprint density at radius 1 is 1.57 bits per heavy atom. The van der Waals surface area contributed by atoms with E-state index in [0.717, 1.165) is 13.4 Å². The molecule has 0 aromatic rings. The van der Waals surface area contributed by atoms with Crippen molar-refractivity contribution in [3.63, 3.8) is 0 Å². The molecule has 0 fully saturated rings. The minimum Gasteiger partial charge on any atom is -1.00 e. The second-order valence-electron chi connectivity index (χ2n) is 0.871. The van der Waals surface area contributed by atoms with Crippen molar-refractivity contribution in [1.82, 2.24) is 0 Å². The predicted octanol–water partition coefficient (Wildman–Crippen LogP) is -3.29. The van der Waals surface area contributed by atoms with Crippen molar-refractivity contribution in [2.24, 2.45) is 0 Å². The second-order valence-corrected chi connectivity index (χ2v) is 2.61. The van der Waals surface area contributed by atoms with Crippen LogP contribution in [-0.4, -0.2) is 21.8 Å². The quantitative estimate of drug-likeness (QED) is 0.279. The van der Waals surface area contributed by atoms with E-state index in [2.05, 4.69) is 4.18 Å². The Labute approximate surface area is 67.0 Å². The van der Waals surface area contributed by atoms with E-state index in [1.54, 1.807) is 0 Å². The molecule has 0 aliphatic rings. The van der Waals surface area contributed by atoms with Crippen LogP contribution >= 0.6 is 0 Å². The van der Waals surface area contributed by atoms with Gasteiger partial charge in [0.25, 0.3) is 10.1 Å².